The third-order valence-electron chi connectivity index (χ3n) is 5.24. The molecule has 1 aromatic heterocycles. The van der Waals surface area contributed by atoms with Gasteiger partial charge in [-0.2, -0.15) is 0 Å². The van der Waals surface area contributed by atoms with Crippen molar-refractivity contribution in [3.8, 4) is 5.75 Å². The zero-order valence-corrected chi connectivity index (χ0v) is 18.0. The van der Waals surface area contributed by atoms with Crippen LogP contribution in [0, 0.1) is 11.7 Å². The Hall–Kier alpha value is -3.32. The Balaban J connectivity index is 1.41. The molecule has 0 saturated heterocycles. The van der Waals surface area contributed by atoms with Gasteiger partial charge in [0.05, 0.1) is 12.8 Å². The molecule has 3 aromatic rings. The van der Waals surface area contributed by atoms with E-state index in [-0.39, 0.29) is 17.5 Å². The first-order valence-electron chi connectivity index (χ1n) is 10.7. The van der Waals surface area contributed by atoms with Crippen molar-refractivity contribution in [2.24, 2.45) is 5.92 Å². The zero-order valence-electron chi connectivity index (χ0n) is 18.0. The molecule has 0 spiro atoms. The number of aromatic nitrogens is 2. The van der Waals surface area contributed by atoms with E-state index in [0.717, 1.165) is 29.7 Å². The number of hydrogen-bond donors (Lipinski definition) is 1. The normalized spacial score (nSPS) is 13.1. The molecule has 0 aliphatic heterocycles. The van der Waals surface area contributed by atoms with Crippen LogP contribution >= 0.6 is 0 Å². The lowest BCUT2D eigenvalue weighted by atomic mass is 10.1. The van der Waals surface area contributed by atoms with Crippen molar-refractivity contribution in [2.75, 3.05) is 25.6 Å². The van der Waals surface area contributed by atoms with Crippen LogP contribution in [0.4, 0.5) is 15.9 Å². The van der Waals surface area contributed by atoms with E-state index < -0.39 is 5.82 Å². The van der Waals surface area contributed by atoms with Crippen LogP contribution < -0.4 is 10.1 Å². The van der Waals surface area contributed by atoms with Crippen LogP contribution in [0.2, 0.25) is 0 Å². The number of nitrogens with zero attached hydrogens (tertiary/aromatic N) is 2. The van der Waals surface area contributed by atoms with Gasteiger partial charge in [-0.05, 0) is 48.2 Å². The molecule has 1 saturated carbocycles. The van der Waals surface area contributed by atoms with Crippen molar-refractivity contribution >= 4 is 17.3 Å². The number of carbonyl (C=O) groups excluding carboxylic acids is 1. The molecule has 6 nitrogen and oxygen atoms in total. The van der Waals surface area contributed by atoms with E-state index in [2.05, 4.69) is 15.3 Å². The van der Waals surface area contributed by atoms with E-state index in [1.54, 1.807) is 7.11 Å². The summed E-state index contributed by atoms with van der Waals surface area (Å²) in [5.41, 5.74) is 2.59. The standard InChI is InChI=1S/C25H26FN3O3/c1-31-11-12-32-21-9-5-17(6-10-21)15-24-27-16-22(26)25(29-24)28-20-4-2-3-18(13-20)14-23(30)19-7-8-19/h2-6,9-10,13,16,19H,7-8,11-12,14-15H2,1H3,(H,27,28,29). The second-order valence-corrected chi connectivity index (χ2v) is 7.89. The van der Waals surface area contributed by atoms with Crippen molar-refractivity contribution in [1.82, 2.24) is 9.97 Å². The Morgan fingerprint density at radius 2 is 1.94 bits per heavy atom. The van der Waals surface area contributed by atoms with Crippen molar-refractivity contribution in [2.45, 2.75) is 25.7 Å². The van der Waals surface area contributed by atoms with Crippen molar-refractivity contribution in [3.05, 3.63) is 77.5 Å². The van der Waals surface area contributed by atoms with Crippen LogP contribution in [0.15, 0.2) is 54.7 Å². The van der Waals surface area contributed by atoms with Crippen LogP contribution in [0.25, 0.3) is 0 Å². The quantitative estimate of drug-likeness (QED) is 0.447. The van der Waals surface area contributed by atoms with Gasteiger partial charge in [0.1, 0.15) is 24.0 Å². The summed E-state index contributed by atoms with van der Waals surface area (Å²) in [6, 6.07) is 15.1. The topological polar surface area (TPSA) is 73.3 Å². The number of methoxy groups -OCH3 is 1. The number of hydrogen-bond acceptors (Lipinski definition) is 6. The monoisotopic (exact) mass is 435 g/mol. The zero-order chi connectivity index (χ0) is 22.3. The molecule has 1 N–H and O–H groups in total. The molecule has 32 heavy (non-hydrogen) atoms. The summed E-state index contributed by atoms with van der Waals surface area (Å²) in [5, 5.41) is 3.03. The van der Waals surface area contributed by atoms with Gasteiger partial charge in [-0.1, -0.05) is 24.3 Å². The minimum Gasteiger partial charge on any atom is -0.491 e. The Kier molecular flexibility index (Phi) is 7.07. The molecule has 2 aromatic carbocycles. The first-order valence-corrected chi connectivity index (χ1v) is 10.7. The summed E-state index contributed by atoms with van der Waals surface area (Å²) in [7, 11) is 1.63. The molecule has 0 amide bonds. The van der Waals surface area contributed by atoms with Gasteiger partial charge in [0.25, 0.3) is 0 Å². The lowest BCUT2D eigenvalue weighted by molar-refractivity contribution is -0.119. The van der Waals surface area contributed by atoms with E-state index in [4.69, 9.17) is 9.47 Å². The SMILES string of the molecule is COCCOc1ccc(Cc2ncc(F)c(Nc3cccc(CC(=O)C4CC4)c3)n2)cc1. The van der Waals surface area contributed by atoms with Crippen molar-refractivity contribution in [1.29, 1.82) is 0 Å². The third-order valence-corrected chi connectivity index (χ3v) is 5.24. The third kappa shape index (κ3) is 6.11. The Morgan fingerprint density at radius 3 is 2.69 bits per heavy atom. The molecule has 0 bridgehead atoms. The van der Waals surface area contributed by atoms with E-state index >= 15 is 0 Å². The van der Waals surface area contributed by atoms with Crippen LogP contribution in [-0.2, 0) is 22.4 Å². The predicted octanol–water partition coefficient (Wildman–Crippen LogP) is 4.50. The largest absolute Gasteiger partial charge is 0.491 e. The summed E-state index contributed by atoms with van der Waals surface area (Å²) in [5.74, 6) is 1.33. The summed E-state index contributed by atoms with van der Waals surface area (Å²) in [6.45, 7) is 1.02. The molecule has 4 rings (SSSR count). The molecule has 166 valence electrons. The highest BCUT2D eigenvalue weighted by molar-refractivity contribution is 5.85. The van der Waals surface area contributed by atoms with Gasteiger partial charge in [0.15, 0.2) is 11.6 Å². The second-order valence-electron chi connectivity index (χ2n) is 7.89. The van der Waals surface area contributed by atoms with Crippen molar-refractivity contribution < 1.29 is 18.7 Å². The van der Waals surface area contributed by atoms with Crippen LogP contribution in [0.3, 0.4) is 0 Å². The van der Waals surface area contributed by atoms with E-state index in [0.29, 0.717) is 37.6 Å². The number of nitrogens with one attached hydrogen (secondary N) is 1. The molecule has 1 heterocycles. The Bertz CT molecular complexity index is 1070. The van der Waals surface area contributed by atoms with Gasteiger partial charge < -0.3 is 14.8 Å². The molecule has 0 unspecified atom stereocenters. The molecule has 1 aliphatic rings. The lowest BCUT2D eigenvalue weighted by Crippen LogP contribution is -2.06. The highest BCUT2D eigenvalue weighted by Gasteiger charge is 2.29. The van der Waals surface area contributed by atoms with Crippen LogP contribution in [0.5, 0.6) is 5.75 Å². The van der Waals surface area contributed by atoms with Gasteiger partial charge in [-0.25, -0.2) is 14.4 Å². The molecular weight excluding hydrogens is 409 g/mol. The van der Waals surface area contributed by atoms with Gasteiger partial charge in [-0.15, -0.1) is 0 Å². The summed E-state index contributed by atoms with van der Waals surface area (Å²) >= 11 is 0. The summed E-state index contributed by atoms with van der Waals surface area (Å²) in [6.07, 6.45) is 4.03. The minimum absolute atomic E-state index is 0.111. The second kappa shape index (κ2) is 10.3. The maximum atomic E-state index is 14.4. The summed E-state index contributed by atoms with van der Waals surface area (Å²) in [4.78, 5) is 20.6. The van der Waals surface area contributed by atoms with Gasteiger partial charge in [0, 0.05) is 31.6 Å². The molecule has 0 radical (unpaired) electrons. The average molecular weight is 435 g/mol. The number of halogens is 1. The fourth-order valence-electron chi connectivity index (χ4n) is 3.35. The molecule has 1 fully saturated rings. The number of benzene rings is 2. The first-order chi connectivity index (χ1) is 15.6. The van der Waals surface area contributed by atoms with E-state index in [1.165, 1.54) is 6.20 Å². The molecular formula is C25H26FN3O3. The van der Waals surface area contributed by atoms with Gasteiger partial charge in [-0.3, -0.25) is 4.79 Å². The number of ether oxygens (including phenoxy) is 2. The number of rotatable bonds is 11. The maximum absolute atomic E-state index is 14.4. The first kappa shape index (κ1) is 21.9. The lowest BCUT2D eigenvalue weighted by Gasteiger charge is -2.10. The van der Waals surface area contributed by atoms with Gasteiger partial charge >= 0.3 is 0 Å². The van der Waals surface area contributed by atoms with Crippen molar-refractivity contribution in [3.63, 3.8) is 0 Å². The fraction of sp³-hybridized carbons (Fsp3) is 0.320. The highest BCUT2D eigenvalue weighted by atomic mass is 19.1. The average Bonchev–Trinajstić information content (AvgIpc) is 3.63. The highest BCUT2D eigenvalue weighted by Crippen LogP contribution is 2.31. The smallest absolute Gasteiger partial charge is 0.184 e. The van der Waals surface area contributed by atoms with E-state index in [9.17, 15) is 9.18 Å². The number of ketones is 1. The summed E-state index contributed by atoms with van der Waals surface area (Å²) < 4.78 is 24.9. The maximum Gasteiger partial charge on any atom is 0.184 e. The molecule has 7 heteroatoms. The Labute approximate surface area is 186 Å². The van der Waals surface area contributed by atoms with Gasteiger partial charge in [0.2, 0.25) is 0 Å². The molecule has 0 atom stereocenters. The Morgan fingerprint density at radius 1 is 1.12 bits per heavy atom. The number of anilines is 2. The minimum atomic E-state index is -0.532. The fourth-order valence-corrected chi connectivity index (χ4v) is 3.35. The van der Waals surface area contributed by atoms with Crippen LogP contribution in [-0.4, -0.2) is 36.1 Å². The van der Waals surface area contributed by atoms with E-state index in [1.807, 2.05) is 48.5 Å². The molecule has 1 aliphatic carbocycles. The number of Topliss-reactive ketones (excluding diaryl/α,β-unsaturated/α-hetero) is 1. The van der Waals surface area contributed by atoms with Crippen LogP contribution in [0.1, 0.15) is 29.8 Å². The number of carbonyl (C=O) groups is 1. The predicted molar refractivity (Wildman–Crippen MR) is 120 cm³/mol.